The molecule has 2 heterocycles. The predicted octanol–water partition coefficient (Wildman–Crippen LogP) is 3.49. The van der Waals surface area contributed by atoms with Crippen molar-refractivity contribution in [2.24, 2.45) is 11.8 Å². The van der Waals surface area contributed by atoms with E-state index in [2.05, 4.69) is 17.1 Å². The van der Waals surface area contributed by atoms with Crippen LogP contribution in [0.3, 0.4) is 0 Å². The van der Waals surface area contributed by atoms with E-state index in [1.54, 1.807) is 6.26 Å². The van der Waals surface area contributed by atoms with E-state index in [1.807, 2.05) is 12.1 Å². The summed E-state index contributed by atoms with van der Waals surface area (Å²) in [6, 6.07) is 4.11. The molecule has 5 nitrogen and oxygen atoms in total. The Labute approximate surface area is 150 Å². The monoisotopic (exact) mass is 346 g/mol. The summed E-state index contributed by atoms with van der Waals surface area (Å²) >= 11 is 0. The van der Waals surface area contributed by atoms with Gasteiger partial charge in [0.2, 0.25) is 11.8 Å². The number of hydrogen-bond acceptors (Lipinski definition) is 3. The Morgan fingerprint density at radius 3 is 2.60 bits per heavy atom. The number of piperidine rings is 1. The number of hydrogen-bond donors (Lipinski definition) is 1. The molecule has 138 valence electrons. The maximum absolute atomic E-state index is 12.9. The average Bonchev–Trinajstić information content (AvgIpc) is 3.19. The highest BCUT2D eigenvalue weighted by atomic mass is 16.3. The van der Waals surface area contributed by atoms with Crippen molar-refractivity contribution in [2.45, 2.75) is 70.9 Å². The zero-order valence-corrected chi connectivity index (χ0v) is 15.2. The molecule has 1 aliphatic heterocycles. The second-order valence-corrected chi connectivity index (χ2v) is 7.44. The van der Waals surface area contributed by atoms with Gasteiger partial charge < -0.3 is 14.6 Å². The first-order chi connectivity index (χ1) is 12.2. The van der Waals surface area contributed by atoms with Crippen molar-refractivity contribution in [3.63, 3.8) is 0 Å². The van der Waals surface area contributed by atoms with Gasteiger partial charge in [-0.3, -0.25) is 9.59 Å². The Kier molecular flexibility index (Phi) is 6.16. The fourth-order valence-electron chi connectivity index (χ4n) is 4.28. The second kappa shape index (κ2) is 8.54. The van der Waals surface area contributed by atoms with Crippen molar-refractivity contribution in [3.05, 3.63) is 24.2 Å². The minimum absolute atomic E-state index is 0.0299. The minimum Gasteiger partial charge on any atom is -0.467 e. The van der Waals surface area contributed by atoms with E-state index in [4.69, 9.17) is 4.42 Å². The summed E-state index contributed by atoms with van der Waals surface area (Å²) in [4.78, 5) is 27.3. The third kappa shape index (κ3) is 4.44. The molecule has 3 rings (SSSR count). The van der Waals surface area contributed by atoms with Crippen LogP contribution in [0.5, 0.6) is 0 Å². The Morgan fingerprint density at radius 1 is 1.16 bits per heavy atom. The molecule has 1 saturated heterocycles. The Balaban J connectivity index is 1.46. The van der Waals surface area contributed by atoms with E-state index in [1.165, 1.54) is 6.42 Å². The summed E-state index contributed by atoms with van der Waals surface area (Å²) in [6.45, 7) is 3.54. The quantitative estimate of drug-likeness (QED) is 0.887. The van der Waals surface area contributed by atoms with Gasteiger partial charge >= 0.3 is 0 Å². The molecule has 0 aromatic carbocycles. The van der Waals surface area contributed by atoms with Crippen LogP contribution in [0.1, 0.15) is 64.1 Å². The lowest BCUT2D eigenvalue weighted by molar-refractivity contribution is -0.142. The van der Waals surface area contributed by atoms with Crippen molar-refractivity contribution < 1.29 is 14.0 Å². The molecule has 1 unspecified atom stereocenters. The van der Waals surface area contributed by atoms with Crippen LogP contribution in [0.2, 0.25) is 0 Å². The molecule has 5 heteroatoms. The molecule has 1 N–H and O–H groups in total. The number of nitrogens with one attached hydrogen (secondary N) is 1. The molecule has 1 saturated carbocycles. The van der Waals surface area contributed by atoms with E-state index >= 15 is 0 Å². The van der Waals surface area contributed by atoms with Crippen LogP contribution in [0, 0.1) is 11.8 Å². The summed E-state index contributed by atoms with van der Waals surface area (Å²) in [7, 11) is 0. The summed E-state index contributed by atoms with van der Waals surface area (Å²) in [5.74, 6) is 1.34. The Morgan fingerprint density at radius 2 is 1.92 bits per heavy atom. The molecular weight excluding hydrogens is 316 g/mol. The van der Waals surface area contributed by atoms with Gasteiger partial charge in [-0.2, -0.15) is 0 Å². The van der Waals surface area contributed by atoms with Gasteiger partial charge in [0.15, 0.2) is 0 Å². The molecule has 1 aromatic heterocycles. The van der Waals surface area contributed by atoms with Gasteiger partial charge in [-0.15, -0.1) is 0 Å². The number of nitrogens with zero attached hydrogens (tertiary/aromatic N) is 1. The van der Waals surface area contributed by atoms with E-state index in [-0.39, 0.29) is 17.7 Å². The lowest BCUT2D eigenvalue weighted by atomic mass is 9.80. The first-order valence-electron chi connectivity index (χ1n) is 9.79. The van der Waals surface area contributed by atoms with Crippen molar-refractivity contribution in [1.82, 2.24) is 10.2 Å². The van der Waals surface area contributed by atoms with Crippen LogP contribution >= 0.6 is 0 Å². The van der Waals surface area contributed by atoms with E-state index in [0.29, 0.717) is 18.5 Å². The molecule has 0 spiro atoms. The molecule has 2 fully saturated rings. The Hall–Kier alpha value is -1.78. The van der Waals surface area contributed by atoms with Crippen molar-refractivity contribution in [1.29, 1.82) is 0 Å². The van der Waals surface area contributed by atoms with Gasteiger partial charge in [0.05, 0.1) is 12.8 Å². The number of likely N-dealkylation sites (tertiary alicyclic amines) is 1. The van der Waals surface area contributed by atoms with Gasteiger partial charge in [0, 0.05) is 24.4 Å². The van der Waals surface area contributed by atoms with Crippen LogP contribution in [-0.2, 0) is 16.1 Å². The molecule has 1 aromatic rings. The maximum atomic E-state index is 12.9. The molecule has 2 amide bonds. The highest BCUT2D eigenvalue weighted by molar-refractivity contribution is 5.81. The standard InChI is InChI=1S/C20H30N2O3/c1-2-17-6-3-4-12-22(17)20(24)16-10-8-15(9-11-16)19(23)21-14-18-7-5-13-25-18/h5,7,13,15-17H,2-4,6,8-12,14H2,1H3,(H,21,23). The van der Waals surface area contributed by atoms with Crippen LogP contribution < -0.4 is 5.32 Å². The van der Waals surface area contributed by atoms with Crippen molar-refractivity contribution in [2.75, 3.05) is 6.54 Å². The summed E-state index contributed by atoms with van der Waals surface area (Å²) in [6.07, 6.45) is 9.48. The third-order valence-electron chi connectivity index (χ3n) is 5.85. The zero-order chi connectivity index (χ0) is 17.6. The lowest BCUT2D eigenvalue weighted by Crippen LogP contribution is -2.47. The van der Waals surface area contributed by atoms with Gasteiger partial charge in [0.25, 0.3) is 0 Å². The highest BCUT2D eigenvalue weighted by Crippen LogP contribution is 2.32. The molecule has 2 aliphatic rings. The first kappa shape index (κ1) is 18.0. The molecule has 0 radical (unpaired) electrons. The van der Waals surface area contributed by atoms with Gasteiger partial charge in [-0.25, -0.2) is 0 Å². The van der Waals surface area contributed by atoms with E-state index in [0.717, 1.165) is 57.3 Å². The van der Waals surface area contributed by atoms with Crippen LogP contribution in [0.4, 0.5) is 0 Å². The fourth-order valence-corrected chi connectivity index (χ4v) is 4.28. The number of carbonyl (C=O) groups excluding carboxylic acids is 2. The van der Waals surface area contributed by atoms with Crippen LogP contribution in [-0.4, -0.2) is 29.3 Å². The SMILES string of the molecule is CCC1CCCCN1C(=O)C1CCC(C(=O)NCc2ccco2)CC1. The highest BCUT2D eigenvalue weighted by Gasteiger charge is 2.34. The molecule has 0 bridgehead atoms. The zero-order valence-electron chi connectivity index (χ0n) is 15.2. The molecule has 1 atom stereocenters. The van der Waals surface area contributed by atoms with Gasteiger partial charge in [-0.1, -0.05) is 6.92 Å². The van der Waals surface area contributed by atoms with Gasteiger partial charge in [0.1, 0.15) is 5.76 Å². The van der Waals surface area contributed by atoms with Crippen molar-refractivity contribution >= 4 is 11.8 Å². The summed E-state index contributed by atoms with van der Waals surface area (Å²) < 4.78 is 5.24. The van der Waals surface area contributed by atoms with Gasteiger partial charge in [-0.05, 0) is 63.5 Å². The average molecular weight is 346 g/mol. The lowest BCUT2D eigenvalue weighted by Gasteiger charge is -2.39. The maximum Gasteiger partial charge on any atom is 0.225 e. The van der Waals surface area contributed by atoms with E-state index < -0.39 is 0 Å². The molecular formula is C20H30N2O3. The topological polar surface area (TPSA) is 62.6 Å². The number of amides is 2. The number of rotatable bonds is 5. The van der Waals surface area contributed by atoms with Crippen LogP contribution in [0.25, 0.3) is 0 Å². The first-order valence-corrected chi connectivity index (χ1v) is 9.79. The minimum atomic E-state index is 0.0299. The Bertz CT molecular complexity index is 562. The van der Waals surface area contributed by atoms with Crippen molar-refractivity contribution in [3.8, 4) is 0 Å². The second-order valence-electron chi connectivity index (χ2n) is 7.44. The van der Waals surface area contributed by atoms with Crippen LogP contribution in [0.15, 0.2) is 22.8 Å². The normalized spacial score (nSPS) is 27.1. The molecule has 1 aliphatic carbocycles. The largest absolute Gasteiger partial charge is 0.467 e. The summed E-state index contributed by atoms with van der Waals surface area (Å²) in [5.41, 5.74) is 0. The number of carbonyl (C=O) groups is 2. The third-order valence-corrected chi connectivity index (χ3v) is 5.85. The smallest absolute Gasteiger partial charge is 0.225 e. The fraction of sp³-hybridized carbons (Fsp3) is 0.700. The molecule has 25 heavy (non-hydrogen) atoms. The predicted molar refractivity (Wildman–Crippen MR) is 95.6 cm³/mol. The van der Waals surface area contributed by atoms with E-state index in [9.17, 15) is 9.59 Å². The summed E-state index contributed by atoms with van der Waals surface area (Å²) in [5, 5.41) is 2.95. The number of furan rings is 1.